The van der Waals surface area contributed by atoms with Crippen LogP contribution in [0.1, 0.15) is 71.3 Å². The molecule has 3 atom stereocenters. The molecule has 7 nitrogen and oxygen atoms in total. The molecule has 3 unspecified atom stereocenters. The second kappa shape index (κ2) is 15.1. The Hall–Kier alpha value is -2.64. The largest absolute Gasteiger partial charge is 0.368 e. The molecule has 0 radical (unpaired) electrons. The number of nitrogens with zero attached hydrogens (tertiary/aromatic N) is 1. The van der Waals surface area contributed by atoms with E-state index in [0.717, 1.165) is 42.1 Å². The third-order valence-corrected chi connectivity index (χ3v) is 7.57. The topological polar surface area (TPSA) is 105 Å². The highest BCUT2D eigenvalue weighted by atomic mass is 35.5. The lowest BCUT2D eigenvalue weighted by molar-refractivity contribution is -0.142. The summed E-state index contributed by atoms with van der Waals surface area (Å²) in [6, 6.07) is 12.8. The lowest BCUT2D eigenvalue weighted by Crippen LogP contribution is -2.55. The van der Waals surface area contributed by atoms with Gasteiger partial charge in [0, 0.05) is 18.4 Å². The predicted octanol–water partition coefficient (Wildman–Crippen LogP) is 4.38. The number of nitrogens with one attached hydrogen (secondary N) is 2. The number of likely N-dealkylation sites (tertiary alicyclic amines) is 1. The molecule has 38 heavy (non-hydrogen) atoms. The highest BCUT2D eigenvalue weighted by molar-refractivity contribution is 5.93. The van der Waals surface area contributed by atoms with Crippen LogP contribution in [0.3, 0.4) is 0 Å². The number of halogens is 1. The van der Waals surface area contributed by atoms with Gasteiger partial charge in [-0.15, -0.1) is 12.4 Å². The third kappa shape index (κ3) is 7.93. The lowest BCUT2D eigenvalue weighted by Gasteiger charge is -2.31. The number of carbonyl (C=O) groups is 3. The van der Waals surface area contributed by atoms with Crippen LogP contribution in [0.15, 0.2) is 42.5 Å². The van der Waals surface area contributed by atoms with Crippen LogP contribution in [-0.4, -0.2) is 54.3 Å². The molecule has 1 heterocycles. The average Bonchev–Trinajstić information content (AvgIpc) is 3.38. The first kappa shape index (κ1) is 31.6. The minimum Gasteiger partial charge on any atom is -0.368 e. The quantitative estimate of drug-likeness (QED) is 0.325. The summed E-state index contributed by atoms with van der Waals surface area (Å²) in [5.74, 6) is -0.699. The molecule has 0 spiro atoms. The van der Waals surface area contributed by atoms with E-state index in [1.165, 1.54) is 0 Å². The molecule has 8 heteroatoms. The summed E-state index contributed by atoms with van der Waals surface area (Å²) in [7, 11) is 0. The molecule has 0 aliphatic carbocycles. The van der Waals surface area contributed by atoms with Crippen molar-refractivity contribution in [1.82, 2.24) is 15.5 Å². The maximum absolute atomic E-state index is 13.5. The van der Waals surface area contributed by atoms with Gasteiger partial charge in [-0.2, -0.15) is 0 Å². The van der Waals surface area contributed by atoms with Crippen molar-refractivity contribution in [3.05, 3.63) is 48.0 Å². The number of hydrogen-bond donors (Lipinski definition) is 3. The molecule has 3 amide bonds. The Balaban J connectivity index is 0.00000507. The number of nitrogens with two attached hydrogens (primary N) is 1. The predicted molar refractivity (Wildman–Crippen MR) is 156 cm³/mol. The van der Waals surface area contributed by atoms with Crippen molar-refractivity contribution < 1.29 is 14.4 Å². The van der Waals surface area contributed by atoms with Gasteiger partial charge in [0.2, 0.25) is 17.7 Å². The van der Waals surface area contributed by atoms with Gasteiger partial charge in [-0.05, 0) is 67.4 Å². The van der Waals surface area contributed by atoms with Crippen molar-refractivity contribution in [2.24, 2.45) is 17.6 Å². The Bertz CT molecular complexity index is 1070. The minimum atomic E-state index is -0.875. The Morgan fingerprint density at radius 3 is 2.37 bits per heavy atom. The summed E-state index contributed by atoms with van der Waals surface area (Å²) >= 11 is 0. The summed E-state index contributed by atoms with van der Waals surface area (Å²) in [5.41, 5.74) is 6.88. The number of amides is 3. The number of rotatable bonds is 13. The van der Waals surface area contributed by atoms with Crippen molar-refractivity contribution in [2.45, 2.75) is 77.8 Å². The van der Waals surface area contributed by atoms with Gasteiger partial charge in [0.25, 0.3) is 0 Å². The monoisotopic (exact) mass is 544 g/mol. The van der Waals surface area contributed by atoms with Gasteiger partial charge in [-0.25, -0.2) is 0 Å². The van der Waals surface area contributed by atoms with E-state index in [1.807, 2.05) is 44.2 Å². The molecular weight excluding hydrogens is 500 g/mol. The molecule has 1 fully saturated rings. The van der Waals surface area contributed by atoms with Crippen molar-refractivity contribution >= 4 is 40.9 Å². The fourth-order valence-electron chi connectivity index (χ4n) is 5.41. The Kier molecular flexibility index (Phi) is 12.5. The maximum atomic E-state index is 13.5. The van der Waals surface area contributed by atoms with Crippen molar-refractivity contribution in [2.75, 3.05) is 19.6 Å². The van der Waals surface area contributed by atoms with E-state index < -0.39 is 18.0 Å². The van der Waals surface area contributed by atoms with Crippen molar-refractivity contribution in [1.29, 1.82) is 0 Å². The summed E-state index contributed by atoms with van der Waals surface area (Å²) < 4.78 is 0. The van der Waals surface area contributed by atoms with Crippen LogP contribution in [0.5, 0.6) is 0 Å². The van der Waals surface area contributed by atoms with Crippen LogP contribution < -0.4 is 16.4 Å². The Morgan fingerprint density at radius 1 is 1.05 bits per heavy atom. The second-order valence-corrected chi connectivity index (χ2v) is 10.7. The van der Waals surface area contributed by atoms with Gasteiger partial charge in [-0.1, -0.05) is 70.2 Å². The van der Waals surface area contributed by atoms with E-state index in [2.05, 4.69) is 36.6 Å². The standard InChI is InChI=1S/C30H44N4O3.ClH/c1-5-21(6-2)30(37)34-17-9-12-26(34)29(36)33-27(28(31)35)25(15-16-32-19-20(3)4)24-14-13-22-10-7-8-11-23(22)18-24;/h7-8,10-11,13-14,18,20-21,25-27,32H,5-6,9,12,15-17,19H2,1-4H3,(H2,31,35)(H,33,36);1H. The minimum absolute atomic E-state index is 0. The fourth-order valence-corrected chi connectivity index (χ4v) is 5.41. The summed E-state index contributed by atoms with van der Waals surface area (Å²) in [5, 5.41) is 8.62. The van der Waals surface area contributed by atoms with Crippen molar-refractivity contribution in [3.63, 3.8) is 0 Å². The average molecular weight is 545 g/mol. The van der Waals surface area contributed by atoms with Crippen molar-refractivity contribution in [3.8, 4) is 0 Å². The number of primary amides is 1. The van der Waals surface area contributed by atoms with Crippen LogP contribution in [0.25, 0.3) is 10.8 Å². The molecule has 2 aromatic carbocycles. The lowest BCUT2D eigenvalue weighted by atomic mass is 9.86. The van der Waals surface area contributed by atoms with Crippen LogP contribution in [0.2, 0.25) is 0 Å². The molecule has 3 rings (SSSR count). The van der Waals surface area contributed by atoms with Crippen LogP contribution >= 0.6 is 12.4 Å². The highest BCUT2D eigenvalue weighted by Crippen LogP contribution is 2.28. The second-order valence-electron chi connectivity index (χ2n) is 10.7. The number of fused-ring (bicyclic) bond motifs is 1. The normalized spacial score (nSPS) is 16.9. The van der Waals surface area contributed by atoms with E-state index in [0.29, 0.717) is 31.8 Å². The van der Waals surface area contributed by atoms with Gasteiger partial charge in [0.1, 0.15) is 12.1 Å². The zero-order valence-corrected chi connectivity index (χ0v) is 24.1. The number of hydrogen-bond acceptors (Lipinski definition) is 4. The third-order valence-electron chi connectivity index (χ3n) is 7.57. The maximum Gasteiger partial charge on any atom is 0.243 e. The smallest absolute Gasteiger partial charge is 0.243 e. The first-order chi connectivity index (χ1) is 17.8. The molecule has 1 aliphatic heterocycles. The number of benzene rings is 2. The zero-order chi connectivity index (χ0) is 26.9. The molecule has 210 valence electrons. The zero-order valence-electron chi connectivity index (χ0n) is 23.2. The molecule has 0 bridgehead atoms. The molecule has 4 N–H and O–H groups in total. The molecule has 1 aliphatic rings. The van der Waals surface area contributed by atoms with Crippen LogP contribution in [0.4, 0.5) is 0 Å². The molecule has 0 saturated carbocycles. The summed E-state index contributed by atoms with van der Waals surface area (Å²) in [6.07, 6.45) is 3.51. The van der Waals surface area contributed by atoms with Gasteiger partial charge in [0.05, 0.1) is 0 Å². The van der Waals surface area contributed by atoms with Gasteiger partial charge >= 0.3 is 0 Å². The van der Waals surface area contributed by atoms with E-state index in [1.54, 1.807) is 4.90 Å². The SMILES string of the molecule is CCC(CC)C(=O)N1CCCC1C(=O)NC(C(N)=O)C(CCNCC(C)C)c1ccc2ccccc2c1.Cl. The summed E-state index contributed by atoms with van der Waals surface area (Å²) in [4.78, 5) is 41.1. The fraction of sp³-hybridized carbons (Fsp3) is 0.567. The van der Waals surface area contributed by atoms with Crippen LogP contribution in [-0.2, 0) is 14.4 Å². The van der Waals surface area contributed by atoms with E-state index in [4.69, 9.17) is 5.73 Å². The van der Waals surface area contributed by atoms with Gasteiger partial charge < -0.3 is 21.3 Å². The molecular formula is C30H45ClN4O3. The van der Waals surface area contributed by atoms with Crippen LogP contribution in [0, 0.1) is 11.8 Å². The Labute approximate surface area is 233 Å². The Morgan fingerprint density at radius 2 is 1.74 bits per heavy atom. The summed E-state index contributed by atoms with van der Waals surface area (Å²) in [6.45, 7) is 10.4. The van der Waals surface area contributed by atoms with E-state index >= 15 is 0 Å². The highest BCUT2D eigenvalue weighted by Gasteiger charge is 2.39. The first-order valence-electron chi connectivity index (χ1n) is 13.9. The molecule has 0 aromatic heterocycles. The van der Waals surface area contributed by atoms with E-state index in [9.17, 15) is 14.4 Å². The van der Waals surface area contributed by atoms with Gasteiger partial charge in [0.15, 0.2) is 0 Å². The van der Waals surface area contributed by atoms with Gasteiger partial charge in [-0.3, -0.25) is 14.4 Å². The number of carbonyl (C=O) groups excluding carboxylic acids is 3. The molecule has 2 aromatic rings. The first-order valence-corrected chi connectivity index (χ1v) is 13.9. The molecule has 1 saturated heterocycles. The van der Waals surface area contributed by atoms with E-state index in [-0.39, 0.29) is 36.1 Å².